The number of carbonyl (C=O) groups is 2. The molecule has 0 radical (unpaired) electrons. The zero-order valence-corrected chi connectivity index (χ0v) is 23.8. The second-order valence-corrected chi connectivity index (χ2v) is 10.3. The Bertz CT molecular complexity index is 1500. The lowest BCUT2D eigenvalue weighted by molar-refractivity contribution is -0.0914. The first-order valence-electron chi connectivity index (χ1n) is 14.3. The average molecular weight is 557 g/mol. The molecule has 1 aromatic heterocycles. The summed E-state index contributed by atoms with van der Waals surface area (Å²) in [7, 11) is 0. The number of imidazole rings is 1. The fraction of sp³-hybridized carbons (Fsp3) is 0.364. The van der Waals surface area contributed by atoms with Crippen molar-refractivity contribution in [2.24, 2.45) is 0 Å². The van der Waals surface area contributed by atoms with Gasteiger partial charge in [-0.1, -0.05) is 61.0 Å². The fourth-order valence-corrected chi connectivity index (χ4v) is 5.30. The maximum atomic E-state index is 13.3. The summed E-state index contributed by atoms with van der Waals surface area (Å²) in [4.78, 5) is 30.2. The van der Waals surface area contributed by atoms with Crippen molar-refractivity contribution in [3.63, 3.8) is 0 Å². The first kappa shape index (κ1) is 28.2. The predicted octanol–water partition coefficient (Wildman–Crippen LogP) is 7.45. The molecule has 0 saturated heterocycles. The molecular weight excluding hydrogens is 520 g/mol. The first-order valence-corrected chi connectivity index (χ1v) is 14.3. The van der Waals surface area contributed by atoms with E-state index in [2.05, 4.69) is 48.3 Å². The minimum atomic E-state index is -1.12. The van der Waals surface area contributed by atoms with Crippen molar-refractivity contribution >= 4 is 23.2 Å². The van der Waals surface area contributed by atoms with Crippen molar-refractivity contribution in [1.82, 2.24) is 9.55 Å². The van der Waals surface area contributed by atoms with Crippen LogP contribution >= 0.6 is 0 Å². The average Bonchev–Trinajstić information content (AvgIpc) is 3.31. The summed E-state index contributed by atoms with van der Waals surface area (Å²) in [5.74, 6) is -0.632. The molecule has 1 atom stereocenters. The highest BCUT2D eigenvalue weighted by atomic mass is 16.8. The lowest BCUT2D eigenvalue weighted by Crippen LogP contribution is -2.26. The molecule has 8 heteroatoms. The SMILES string of the molecule is CCOc1nc2cccc(C(=O)OC(C)OC(=O)OC3CCCCC3)c2n1Cc1ccc(-c2ccccc2C)cc1. The number of para-hydroxylation sites is 1. The highest BCUT2D eigenvalue weighted by Crippen LogP contribution is 2.29. The van der Waals surface area contributed by atoms with E-state index in [0.29, 0.717) is 35.8 Å². The number of hydrogen-bond acceptors (Lipinski definition) is 7. The maximum absolute atomic E-state index is 13.3. The van der Waals surface area contributed by atoms with E-state index >= 15 is 0 Å². The van der Waals surface area contributed by atoms with Gasteiger partial charge in [0.05, 0.1) is 29.7 Å². The molecule has 0 bridgehead atoms. The maximum Gasteiger partial charge on any atom is 0.511 e. The minimum Gasteiger partial charge on any atom is -0.465 e. The highest BCUT2D eigenvalue weighted by Gasteiger charge is 2.25. The quantitative estimate of drug-likeness (QED) is 0.156. The number of fused-ring (bicyclic) bond motifs is 1. The fourth-order valence-electron chi connectivity index (χ4n) is 5.30. The Morgan fingerprint density at radius 3 is 2.44 bits per heavy atom. The van der Waals surface area contributed by atoms with Crippen LogP contribution in [0.15, 0.2) is 66.7 Å². The number of rotatable bonds is 9. The van der Waals surface area contributed by atoms with E-state index in [1.807, 2.05) is 29.7 Å². The van der Waals surface area contributed by atoms with Gasteiger partial charge in [-0.15, -0.1) is 0 Å². The van der Waals surface area contributed by atoms with Crippen molar-refractivity contribution in [2.75, 3.05) is 6.61 Å². The van der Waals surface area contributed by atoms with Gasteiger partial charge in [-0.2, -0.15) is 4.98 Å². The molecular formula is C33H36N2O6. The number of carbonyl (C=O) groups excluding carboxylic acids is 2. The number of aromatic nitrogens is 2. The van der Waals surface area contributed by atoms with Gasteiger partial charge >= 0.3 is 12.1 Å². The standard InChI is InChI=1S/C33H36N2O6/c1-4-38-32-34-29-16-10-15-28(31(36)39-23(3)40-33(37)41-26-12-6-5-7-13-26)30(29)35(32)21-24-17-19-25(20-18-24)27-14-9-8-11-22(27)2/h8-11,14-20,23,26H,4-7,12-13,21H2,1-3H3. The number of hydrogen-bond donors (Lipinski definition) is 0. The van der Waals surface area contributed by atoms with Crippen LogP contribution in [-0.4, -0.2) is 40.7 Å². The Morgan fingerprint density at radius 1 is 0.951 bits per heavy atom. The molecule has 3 aromatic carbocycles. The van der Waals surface area contributed by atoms with Gasteiger partial charge in [0.1, 0.15) is 6.10 Å². The van der Waals surface area contributed by atoms with E-state index in [-0.39, 0.29) is 6.10 Å². The lowest BCUT2D eigenvalue weighted by Gasteiger charge is -2.22. The van der Waals surface area contributed by atoms with Gasteiger partial charge in [0, 0.05) is 6.92 Å². The van der Waals surface area contributed by atoms with Gasteiger partial charge in [-0.05, 0) is 73.9 Å². The van der Waals surface area contributed by atoms with Crippen LogP contribution in [0.25, 0.3) is 22.2 Å². The van der Waals surface area contributed by atoms with Crippen LogP contribution in [0.2, 0.25) is 0 Å². The molecule has 8 nitrogen and oxygen atoms in total. The van der Waals surface area contributed by atoms with E-state index in [0.717, 1.165) is 43.2 Å². The molecule has 41 heavy (non-hydrogen) atoms. The monoisotopic (exact) mass is 556 g/mol. The van der Waals surface area contributed by atoms with Crippen LogP contribution in [0, 0.1) is 6.92 Å². The molecule has 4 aromatic rings. The lowest BCUT2D eigenvalue weighted by atomic mass is 9.98. The van der Waals surface area contributed by atoms with Gasteiger partial charge in [0.2, 0.25) is 6.29 Å². The summed E-state index contributed by atoms with van der Waals surface area (Å²) in [5.41, 5.74) is 6.04. The molecule has 1 unspecified atom stereocenters. The molecule has 5 rings (SSSR count). The van der Waals surface area contributed by atoms with Crippen molar-refractivity contribution in [3.8, 4) is 17.1 Å². The normalized spacial score (nSPS) is 14.4. The third kappa shape index (κ3) is 6.70. The van der Waals surface area contributed by atoms with Gasteiger partial charge in [0.25, 0.3) is 6.01 Å². The summed E-state index contributed by atoms with van der Waals surface area (Å²) in [6.07, 6.45) is 2.76. The number of ether oxygens (including phenoxy) is 4. The number of nitrogens with zero attached hydrogens (tertiary/aromatic N) is 2. The van der Waals surface area contributed by atoms with E-state index in [9.17, 15) is 9.59 Å². The zero-order chi connectivity index (χ0) is 28.8. The Balaban J connectivity index is 1.35. The Labute approximate surface area is 240 Å². The summed E-state index contributed by atoms with van der Waals surface area (Å²) in [6, 6.07) is 22.3. The topological polar surface area (TPSA) is 88.9 Å². The molecule has 214 valence electrons. The van der Waals surface area contributed by atoms with E-state index in [4.69, 9.17) is 18.9 Å². The van der Waals surface area contributed by atoms with Crippen LogP contribution in [0.4, 0.5) is 4.79 Å². The van der Waals surface area contributed by atoms with Crippen molar-refractivity contribution in [2.45, 2.75) is 71.8 Å². The number of benzene rings is 3. The van der Waals surface area contributed by atoms with E-state index in [1.54, 1.807) is 12.1 Å². The third-order valence-electron chi connectivity index (χ3n) is 7.33. The molecule has 1 fully saturated rings. The molecule has 1 aliphatic carbocycles. The predicted molar refractivity (Wildman–Crippen MR) is 156 cm³/mol. The Kier molecular flexibility index (Phi) is 8.87. The Morgan fingerprint density at radius 2 is 1.71 bits per heavy atom. The van der Waals surface area contributed by atoms with Crippen LogP contribution < -0.4 is 4.74 Å². The van der Waals surface area contributed by atoms with Gasteiger partial charge < -0.3 is 18.9 Å². The van der Waals surface area contributed by atoms with Crippen LogP contribution in [-0.2, 0) is 20.8 Å². The van der Waals surface area contributed by atoms with Crippen molar-refractivity contribution < 1.29 is 28.5 Å². The first-order chi connectivity index (χ1) is 19.9. The Hall–Kier alpha value is -4.33. The van der Waals surface area contributed by atoms with Crippen LogP contribution in [0.3, 0.4) is 0 Å². The number of aryl methyl sites for hydroxylation is 1. The second-order valence-electron chi connectivity index (χ2n) is 10.3. The van der Waals surface area contributed by atoms with E-state index in [1.165, 1.54) is 18.1 Å². The molecule has 0 N–H and O–H groups in total. The molecule has 1 saturated carbocycles. The van der Waals surface area contributed by atoms with Crippen LogP contribution in [0.1, 0.15) is 67.4 Å². The molecule has 1 aliphatic rings. The smallest absolute Gasteiger partial charge is 0.465 e. The van der Waals surface area contributed by atoms with Gasteiger partial charge in [-0.25, -0.2) is 9.59 Å². The van der Waals surface area contributed by atoms with Crippen LogP contribution in [0.5, 0.6) is 6.01 Å². The van der Waals surface area contributed by atoms with E-state index < -0.39 is 18.4 Å². The molecule has 1 heterocycles. The summed E-state index contributed by atoms with van der Waals surface area (Å²) >= 11 is 0. The van der Waals surface area contributed by atoms with Gasteiger partial charge in [-0.3, -0.25) is 4.57 Å². The minimum absolute atomic E-state index is 0.148. The number of esters is 1. The molecule has 0 amide bonds. The zero-order valence-electron chi connectivity index (χ0n) is 23.8. The van der Waals surface area contributed by atoms with Gasteiger partial charge in [0.15, 0.2) is 0 Å². The molecule has 0 spiro atoms. The second kappa shape index (κ2) is 12.9. The summed E-state index contributed by atoms with van der Waals surface area (Å²) in [5, 5.41) is 0. The van der Waals surface area contributed by atoms with Crippen molar-refractivity contribution in [3.05, 3.63) is 83.4 Å². The largest absolute Gasteiger partial charge is 0.511 e. The third-order valence-corrected chi connectivity index (χ3v) is 7.33. The summed E-state index contributed by atoms with van der Waals surface area (Å²) < 4.78 is 23.9. The highest BCUT2D eigenvalue weighted by molar-refractivity contribution is 6.02. The molecule has 0 aliphatic heterocycles. The van der Waals surface area contributed by atoms with Crippen molar-refractivity contribution in [1.29, 1.82) is 0 Å². The summed E-state index contributed by atoms with van der Waals surface area (Å²) in [6.45, 7) is 6.34.